The van der Waals surface area contributed by atoms with E-state index >= 15 is 0 Å². The number of carbonyl (C=O) groups excluding carboxylic acids is 1. The van der Waals surface area contributed by atoms with Gasteiger partial charge in [0.1, 0.15) is 0 Å². The van der Waals surface area contributed by atoms with E-state index in [0.717, 1.165) is 16.8 Å². The SMILES string of the molecule is Cc1cc(C)c(NC(=O)CC2(O)CNC2)c(C)c1. The van der Waals surface area contributed by atoms with Gasteiger partial charge in [0, 0.05) is 18.8 Å². The zero-order chi connectivity index (χ0) is 13.3. The largest absolute Gasteiger partial charge is 0.387 e. The first-order valence-electron chi connectivity index (χ1n) is 6.20. The van der Waals surface area contributed by atoms with Crippen molar-refractivity contribution < 1.29 is 9.90 Å². The van der Waals surface area contributed by atoms with Gasteiger partial charge in [0.15, 0.2) is 0 Å². The molecule has 1 saturated heterocycles. The van der Waals surface area contributed by atoms with Gasteiger partial charge in [-0.15, -0.1) is 0 Å². The number of amides is 1. The van der Waals surface area contributed by atoms with Gasteiger partial charge in [0.25, 0.3) is 0 Å². The third kappa shape index (κ3) is 2.71. The maximum Gasteiger partial charge on any atom is 0.227 e. The van der Waals surface area contributed by atoms with Gasteiger partial charge in [-0.3, -0.25) is 4.79 Å². The summed E-state index contributed by atoms with van der Waals surface area (Å²) in [6.07, 6.45) is 0.146. The summed E-state index contributed by atoms with van der Waals surface area (Å²) in [5, 5.41) is 15.8. The van der Waals surface area contributed by atoms with Crippen molar-refractivity contribution in [3.8, 4) is 0 Å². The number of carbonyl (C=O) groups is 1. The molecule has 0 bridgehead atoms. The Kier molecular flexibility index (Phi) is 3.41. The zero-order valence-electron chi connectivity index (χ0n) is 11.1. The number of hydrogen-bond acceptors (Lipinski definition) is 3. The third-order valence-corrected chi connectivity index (χ3v) is 3.34. The number of anilines is 1. The van der Waals surface area contributed by atoms with Crippen molar-refractivity contribution in [2.75, 3.05) is 18.4 Å². The van der Waals surface area contributed by atoms with Crippen LogP contribution in [0.5, 0.6) is 0 Å². The molecule has 0 unspecified atom stereocenters. The van der Waals surface area contributed by atoms with Crippen LogP contribution >= 0.6 is 0 Å². The molecule has 18 heavy (non-hydrogen) atoms. The molecule has 0 spiro atoms. The van der Waals surface area contributed by atoms with Gasteiger partial charge in [-0.2, -0.15) is 0 Å². The normalized spacial score (nSPS) is 17.1. The van der Waals surface area contributed by atoms with Crippen LogP contribution in [0.25, 0.3) is 0 Å². The van der Waals surface area contributed by atoms with Gasteiger partial charge in [-0.25, -0.2) is 0 Å². The van der Waals surface area contributed by atoms with Crippen molar-refractivity contribution in [1.82, 2.24) is 5.32 Å². The average molecular weight is 248 g/mol. The van der Waals surface area contributed by atoms with Crippen LogP contribution in [0.4, 0.5) is 5.69 Å². The predicted molar refractivity (Wildman–Crippen MR) is 71.7 cm³/mol. The lowest BCUT2D eigenvalue weighted by Crippen LogP contribution is -2.60. The second kappa shape index (κ2) is 4.71. The minimum Gasteiger partial charge on any atom is -0.387 e. The highest BCUT2D eigenvalue weighted by atomic mass is 16.3. The lowest BCUT2D eigenvalue weighted by atomic mass is 9.92. The van der Waals surface area contributed by atoms with Crippen molar-refractivity contribution in [2.24, 2.45) is 0 Å². The minimum absolute atomic E-state index is 0.131. The van der Waals surface area contributed by atoms with Crippen molar-refractivity contribution >= 4 is 11.6 Å². The molecule has 2 rings (SSSR count). The molecule has 0 radical (unpaired) electrons. The molecule has 1 aliphatic rings. The molecule has 4 heteroatoms. The zero-order valence-corrected chi connectivity index (χ0v) is 11.1. The van der Waals surface area contributed by atoms with Crippen LogP contribution in [0.15, 0.2) is 12.1 Å². The molecule has 4 nitrogen and oxygen atoms in total. The Morgan fingerprint density at radius 1 is 1.33 bits per heavy atom. The van der Waals surface area contributed by atoms with E-state index in [1.54, 1.807) is 0 Å². The summed E-state index contributed by atoms with van der Waals surface area (Å²) in [6, 6.07) is 4.09. The summed E-state index contributed by atoms with van der Waals surface area (Å²) in [4.78, 5) is 11.9. The quantitative estimate of drug-likeness (QED) is 0.755. The van der Waals surface area contributed by atoms with E-state index in [2.05, 4.69) is 10.6 Å². The number of β-amino-alcohol motifs (C(OH)–C–C–N with tert-alkyl or cyclic N) is 1. The maximum atomic E-state index is 11.9. The lowest BCUT2D eigenvalue weighted by Gasteiger charge is -2.37. The van der Waals surface area contributed by atoms with E-state index in [0.29, 0.717) is 13.1 Å². The fourth-order valence-corrected chi connectivity index (χ4v) is 2.40. The number of benzene rings is 1. The summed E-state index contributed by atoms with van der Waals surface area (Å²) < 4.78 is 0. The fourth-order valence-electron chi connectivity index (χ4n) is 2.40. The van der Waals surface area contributed by atoms with Gasteiger partial charge in [0.2, 0.25) is 5.91 Å². The van der Waals surface area contributed by atoms with E-state index in [1.165, 1.54) is 5.56 Å². The number of rotatable bonds is 3. The lowest BCUT2D eigenvalue weighted by molar-refractivity contribution is -0.123. The number of aliphatic hydroxyl groups is 1. The van der Waals surface area contributed by atoms with Gasteiger partial charge in [-0.1, -0.05) is 17.7 Å². The van der Waals surface area contributed by atoms with Crippen molar-refractivity contribution in [3.05, 3.63) is 28.8 Å². The van der Waals surface area contributed by atoms with Gasteiger partial charge in [0.05, 0.1) is 12.0 Å². The molecule has 3 N–H and O–H groups in total. The van der Waals surface area contributed by atoms with Crippen molar-refractivity contribution in [1.29, 1.82) is 0 Å². The summed E-state index contributed by atoms with van der Waals surface area (Å²) in [6.45, 7) is 6.98. The average Bonchev–Trinajstić information content (AvgIpc) is 2.21. The van der Waals surface area contributed by atoms with Crippen LogP contribution in [0.2, 0.25) is 0 Å². The third-order valence-electron chi connectivity index (χ3n) is 3.34. The first-order valence-corrected chi connectivity index (χ1v) is 6.20. The Morgan fingerprint density at radius 2 is 1.89 bits per heavy atom. The van der Waals surface area contributed by atoms with Crippen LogP contribution in [-0.4, -0.2) is 29.7 Å². The predicted octanol–water partition coefficient (Wildman–Crippen LogP) is 1.27. The van der Waals surface area contributed by atoms with Crippen molar-refractivity contribution in [3.63, 3.8) is 0 Å². The molecule has 1 aromatic rings. The summed E-state index contributed by atoms with van der Waals surface area (Å²) in [5.41, 5.74) is 3.29. The van der Waals surface area contributed by atoms with Crippen LogP contribution in [0.1, 0.15) is 23.1 Å². The molecular weight excluding hydrogens is 228 g/mol. The van der Waals surface area contributed by atoms with Crippen LogP contribution in [0.3, 0.4) is 0 Å². The highest BCUT2D eigenvalue weighted by Gasteiger charge is 2.36. The minimum atomic E-state index is -0.864. The molecule has 1 aromatic carbocycles. The second-order valence-electron chi connectivity index (χ2n) is 5.33. The van der Waals surface area contributed by atoms with Gasteiger partial charge >= 0.3 is 0 Å². The van der Waals surface area contributed by atoms with Crippen LogP contribution in [0, 0.1) is 20.8 Å². The second-order valence-corrected chi connectivity index (χ2v) is 5.33. The fraction of sp³-hybridized carbons (Fsp3) is 0.500. The molecule has 1 fully saturated rings. The Bertz CT molecular complexity index is 456. The highest BCUT2D eigenvalue weighted by molar-refractivity contribution is 5.93. The topological polar surface area (TPSA) is 61.4 Å². The maximum absolute atomic E-state index is 11.9. The Hall–Kier alpha value is -1.39. The first-order chi connectivity index (χ1) is 8.39. The van der Waals surface area contributed by atoms with E-state index in [9.17, 15) is 9.90 Å². The summed E-state index contributed by atoms with van der Waals surface area (Å²) >= 11 is 0. The van der Waals surface area contributed by atoms with Crippen LogP contribution < -0.4 is 10.6 Å². The molecule has 0 atom stereocenters. The molecule has 0 aromatic heterocycles. The molecule has 98 valence electrons. The Morgan fingerprint density at radius 3 is 2.33 bits per heavy atom. The van der Waals surface area contributed by atoms with E-state index in [4.69, 9.17) is 0 Å². The number of hydrogen-bond donors (Lipinski definition) is 3. The van der Waals surface area contributed by atoms with Gasteiger partial charge < -0.3 is 15.7 Å². The molecule has 0 aliphatic carbocycles. The number of aryl methyl sites for hydroxylation is 3. The standard InChI is InChI=1S/C14H20N2O2/c1-9-4-10(2)13(11(3)5-9)16-12(17)6-14(18)7-15-8-14/h4-5,15,18H,6-8H2,1-3H3,(H,16,17). The molecule has 1 amide bonds. The van der Waals surface area contributed by atoms with E-state index in [-0.39, 0.29) is 12.3 Å². The Labute approximate surface area is 107 Å². The molecular formula is C14H20N2O2. The van der Waals surface area contributed by atoms with Crippen LogP contribution in [-0.2, 0) is 4.79 Å². The summed E-state index contributed by atoms with van der Waals surface area (Å²) in [5.74, 6) is -0.131. The highest BCUT2D eigenvalue weighted by Crippen LogP contribution is 2.23. The van der Waals surface area contributed by atoms with Crippen molar-refractivity contribution in [2.45, 2.75) is 32.8 Å². The Balaban J connectivity index is 2.07. The molecule has 1 heterocycles. The van der Waals surface area contributed by atoms with Gasteiger partial charge in [-0.05, 0) is 31.9 Å². The summed E-state index contributed by atoms with van der Waals surface area (Å²) in [7, 11) is 0. The number of nitrogens with one attached hydrogen (secondary N) is 2. The monoisotopic (exact) mass is 248 g/mol. The molecule has 0 saturated carbocycles. The van der Waals surface area contributed by atoms with E-state index < -0.39 is 5.60 Å². The smallest absolute Gasteiger partial charge is 0.227 e. The molecule has 1 aliphatic heterocycles. The van der Waals surface area contributed by atoms with E-state index in [1.807, 2.05) is 32.9 Å². The first kappa shape index (κ1) is 13.1.